The summed E-state index contributed by atoms with van der Waals surface area (Å²) in [6, 6.07) is 6.85. The lowest BCUT2D eigenvalue weighted by atomic mass is 10.0. The van der Waals surface area contributed by atoms with Gasteiger partial charge in [-0.1, -0.05) is 26.0 Å². The van der Waals surface area contributed by atoms with Crippen molar-refractivity contribution in [2.24, 2.45) is 11.7 Å². The molecule has 17 heavy (non-hydrogen) atoms. The van der Waals surface area contributed by atoms with Gasteiger partial charge in [0.2, 0.25) is 5.91 Å². The molecule has 0 saturated heterocycles. The third kappa shape index (κ3) is 3.05. The molecule has 90 valence electrons. The molecule has 0 unspecified atom stereocenters. The lowest BCUT2D eigenvalue weighted by Crippen LogP contribution is -2.39. The Morgan fingerprint density at radius 1 is 1.47 bits per heavy atom. The van der Waals surface area contributed by atoms with E-state index in [1.807, 2.05) is 26.8 Å². The van der Waals surface area contributed by atoms with Gasteiger partial charge in [0, 0.05) is 0 Å². The van der Waals surface area contributed by atoms with Gasteiger partial charge in [-0.2, -0.15) is 5.26 Å². The van der Waals surface area contributed by atoms with E-state index in [2.05, 4.69) is 11.4 Å². The van der Waals surface area contributed by atoms with Crippen molar-refractivity contribution in [1.82, 2.24) is 0 Å². The molecule has 0 fully saturated rings. The van der Waals surface area contributed by atoms with Crippen LogP contribution in [0.5, 0.6) is 0 Å². The minimum atomic E-state index is -0.568. The zero-order valence-electron chi connectivity index (χ0n) is 10.3. The van der Waals surface area contributed by atoms with Crippen LogP contribution in [0.15, 0.2) is 18.2 Å². The van der Waals surface area contributed by atoms with Crippen LogP contribution in [-0.4, -0.2) is 11.9 Å². The van der Waals surface area contributed by atoms with Gasteiger partial charge in [-0.25, -0.2) is 0 Å². The fourth-order valence-corrected chi connectivity index (χ4v) is 1.44. The Hall–Kier alpha value is -1.86. The fourth-order valence-electron chi connectivity index (χ4n) is 1.44. The average molecular weight is 231 g/mol. The summed E-state index contributed by atoms with van der Waals surface area (Å²) >= 11 is 0. The number of hydrogen-bond acceptors (Lipinski definition) is 3. The molecule has 4 heteroatoms. The minimum Gasteiger partial charge on any atom is -0.324 e. The first-order valence-corrected chi connectivity index (χ1v) is 5.53. The first kappa shape index (κ1) is 13.2. The van der Waals surface area contributed by atoms with E-state index in [-0.39, 0.29) is 11.8 Å². The Labute approximate surface area is 101 Å². The fraction of sp³-hybridized carbons (Fsp3) is 0.385. The Bertz CT molecular complexity index is 460. The molecule has 0 spiro atoms. The second kappa shape index (κ2) is 5.46. The number of nitrogens with two attached hydrogens (primary N) is 1. The second-order valence-corrected chi connectivity index (χ2v) is 4.37. The van der Waals surface area contributed by atoms with Crippen LogP contribution in [0.1, 0.15) is 25.0 Å². The van der Waals surface area contributed by atoms with Crippen molar-refractivity contribution < 1.29 is 4.79 Å². The van der Waals surface area contributed by atoms with Crippen LogP contribution >= 0.6 is 0 Å². The number of benzene rings is 1. The number of anilines is 1. The van der Waals surface area contributed by atoms with Gasteiger partial charge in [0.15, 0.2) is 0 Å². The van der Waals surface area contributed by atoms with Crippen LogP contribution in [0.3, 0.4) is 0 Å². The maximum absolute atomic E-state index is 11.8. The van der Waals surface area contributed by atoms with Gasteiger partial charge >= 0.3 is 0 Å². The minimum absolute atomic E-state index is 0.0605. The number of amides is 1. The smallest absolute Gasteiger partial charge is 0.241 e. The van der Waals surface area contributed by atoms with Crippen molar-refractivity contribution in [2.75, 3.05) is 5.32 Å². The molecule has 0 bridgehead atoms. The summed E-state index contributed by atoms with van der Waals surface area (Å²) < 4.78 is 0. The van der Waals surface area contributed by atoms with Crippen molar-refractivity contribution in [3.05, 3.63) is 29.3 Å². The van der Waals surface area contributed by atoms with Gasteiger partial charge in [-0.15, -0.1) is 0 Å². The highest BCUT2D eigenvalue weighted by molar-refractivity contribution is 5.96. The molecular formula is C13H17N3O. The maximum Gasteiger partial charge on any atom is 0.241 e. The predicted octanol–water partition coefficient (Wildman–Crippen LogP) is 1.79. The van der Waals surface area contributed by atoms with E-state index in [4.69, 9.17) is 11.0 Å². The highest BCUT2D eigenvalue weighted by Crippen LogP contribution is 2.18. The molecular weight excluding hydrogens is 214 g/mol. The van der Waals surface area contributed by atoms with Crippen LogP contribution in [-0.2, 0) is 4.79 Å². The monoisotopic (exact) mass is 231 g/mol. The Morgan fingerprint density at radius 3 is 2.65 bits per heavy atom. The molecule has 1 rings (SSSR count). The molecule has 1 amide bonds. The van der Waals surface area contributed by atoms with E-state index in [9.17, 15) is 4.79 Å². The first-order valence-electron chi connectivity index (χ1n) is 5.53. The topological polar surface area (TPSA) is 78.9 Å². The molecule has 0 aliphatic rings. The second-order valence-electron chi connectivity index (χ2n) is 4.37. The SMILES string of the molecule is Cc1cccc(NC(=O)[C@H](N)C(C)C)c1C#N. The van der Waals surface area contributed by atoms with E-state index in [0.29, 0.717) is 11.3 Å². The number of hydrogen-bond donors (Lipinski definition) is 2. The van der Waals surface area contributed by atoms with Crippen molar-refractivity contribution >= 4 is 11.6 Å². The standard InChI is InChI=1S/C13H17N3O/c1-8(2)12(15)13(17)16-11-6-4-5-9(3)10(11)7-14/h4-6,8,12H,15H2,1-3H3,(H,16,17)/t12-/m1/s1. The van der Waals surface area contributed by atoms with Crippen LogP contribution in [0.4, 0.5) is 5.69 Å². The normalized spacial score (nSPS) is 12.0. The highest BCUT2D eigenvalue weighted by Gasteiger charge is 2.18. The third-order valence-corrected chi connectivity index (χ3v) is 2.66. The summed E-state index contributed by atoms with van der Waals surface area (Å²) in [6.45, 7) is 5.59. The Balaban J connectivity index is 2.94. The molecule has 0 aliphatic heterocycles. The van der Waals surface area contributed by atoms with Gasteiger partial charge in [0.1, 0.15) is 6.07 Å². The van der Waals surface area contributed by atoms with Crippen LogP contribution < -0.4 is 11.1 Å². The zero-order valence-corrected chi connectivity index (χ0v) is 10.3. The first-order chi connectivity index (χ1) is 7.97. The van der Waals surface area contributed by atoms with Crippen molar-refractivity contribution in [3.63, 3.8) is 0 Å². The van der Waals surface area contributed by atoms with Gasteiger partial charge < -0.3 is 11.1 Å². The summed E-state index contributed by atoms with van der Waals surface area (Å²) in [5.41, 5.74) is 7.58. The lowest BCUT2D eigenvalue weighted by Gasteiger charge is -2.16. The van der Waals surface area contributed by atoms with Crippen molar-refractivity contribution in [2.45, 2.75) is 26.8 Å². The molecule has 0 aliphatic carbocycles. The largest absolute Gasteiger partial charge is 0.324 e. The molecule has 0 aromatic heterocycles. The molecule has 3 N–H and O–H groups in total. The number of nitriles is 1. The van der Waals surface area contributed by atoms with Crippen molar-refractivity contribution in [3.8, 4) is 6.07 Å². The third-order valence-electron chi connectivity index (χ3n) is 2.66. The van der Waals surface area contributed by atoms with E-state index in [1.165, 1.54) is 0 Å². The molecule has 4 nitrogen and oxygen atoms in total. The van der Waals surface area contributed by atoms with Crippen LogP contribution in [0.2, 0.25) is 0 Å². The summed E-state index contributed by atoms with van der Waals surface area (Å²) in [7, 11) is 0. The number of rotatable bonds is 3. The molecule has 0 saturated carbocycles. The molecule has 0 radical (unpaired) electrons. The Morgan fingerprint density at radius 2 is 2.12 bits per heavy atom. The van der Waals surface area contributed by atoms with E-state index in [1.54, 1.807) is 12.1 Å². The average Bonchev–Trinajstić information content (AvgIpc) is 2.28. The predicted molar refractivity (Wildman–Crippen MR) is 67.3 cm³/mol. The van der Waals surface area contributed by atoms with Gasteiger partial charge in [0.25, 0.3) is 0 Å². The number of nitrogens with zero attached hydrogens (tertiary/aromatic N) is 1. The lowest BCUT2D eigenvalue weighted by molar-refractivity contribution is -0.118. The number of carbonyl (C=O) groups excluding carboxylic acids is 1. The molecule has 1 aromatic carbocycles. The quantitative estimate of drug-likeness (QED) is 0.832. The van der Waals surface area contributed by atoms with Gasteiger partial charge in [0.05, 0.1) is 17.3 Å². The van der Waals surface area contributed by atoms with Crippen molar-refractivity contribution in [1.29, 1.82) is 5.26 Å². The summed E-state index contributed by atoms with van der Waals surface area (Å²) in [5.74, 6) is -0.201. The molecule has 1 atom stereocenters. The van der Waals surface area contributed by atoms with E-state index in [0.717, 1.165) is 5.56 Å². The summed E-state index contributed by atoms with van der Waals surface area (Å²) in [4.78, 5) is 11.8. The molecule has 1 aromatic rings. The number of carbonyl (C=O) groups is 1. The van der Waals surface area contributed by atoms with Crippen LogP contribution in [0, 0.1) is 24.2 Å². The van der Waals surface area contributed by atoms with Crippen LogP contribution in [0.25, 0.3) is 0 Å². The molecule has 0 heterocycles. The van der Waals surface area contributed by atoms with E-state index < -0.39 is 6.04 Å². The summed E-state index contributed by atoms with van der Waals surface area (Å²) in [5, 5.41) is 11.7. The number of nitrogens with one attached hydrogen (secondary N) is 1. The summed E-state index contributed by atoms with van der Waals surface area (Å²) in [6.07, 6.45) is 0. The van der Waals surface area contributed by atoms with Gasteiger partial charge in [-0.3, -0.25) is 4.79 Å². The Kier molecular flexibility index (Phi) is 4.24. The zero-order chi connectivity index (χ0) is 13.0. The number of aryl methyl sites for hydroxylation is 1. The van der Waals surface area contributed by atoms with E-state index >= 15 is 0 Å². The maximum atomic E-state index is 11.8. The van der Waals surface area contributed by atoms with Gasteiger partial charge in [-0.05, 0) is 24.5 Å². The highest BCUT2D eigenvalue weighted by atomic mass is 16.2.